The molecule has 0 radical (unpaired) electrons. The zero-order chi connectivity index (χ0) is 25.8. The van der Waals surface area contributed by atoms with E-state index in [1.165, 1.54) is 25.4 Å². The summed E-state index contributed by atoms with van der Waals surface area (Å²) in [4.78, 5) is 18.9. The van der Waals surface area contributed by atoms with Gasteiger partial charge in [-0.2, -0.15) is 0 Å². The first-order valence-corrected chi connectivity index (χ1v) is 12.1. The normalized spacial score (nSPS) is 15.7. The Labute approximate surface area is 218 Å². The van der Waals surface area contributed by atoms with Crippen molar-refractivity contribution in [1.82, 2.24) is 9.88 Å². The molecule has 3 N–H and O–H groups in total. The Morgan fingerprint density at radius 2 is 2.08 bits per heavy atom. The maximum absolute atomic E-state index is 15.2. The van der Waals surface area contributed by atoms with Gasteiger partial charge < -0.3 is 25.3 Å². The summed E-state index contributed by atoms with van der Waals surface area (Å²) in [5, 5.41) is 3.35. The molecule has 0 spiro atoms. The summed E-state index contributed by atoms with van der Waals surface area (Å²) in [7, 11) is 3.11. The Kier molecular flexibility index (Phi) is 8.20. The number of nitrogens with one attached hydrogen (secondary N) is 1. The van der Waals surface area contributed by atoms with Gasteiger partial charge in [-0.3, -0.25) is 14.7 Å². The fourth-order valence-corrected chi connectivity index (χ4v) is 4.76. The number of fused-ring (bicyclic) bond motifs is 1. The van der Waals surface area contributed by atoms with Crippen LogP contribution >= 0.6 is 23.8 Å². The summed E-state index contributed by atoms with van der Waals surface area (Å²) in [6, 6.07) is 7.99. The molecule has 1 aliphatic rings. The molecule has 0 bridgehead atoms. The van der Waals surface area contributed by atoms with Crippen LogP contribution < -0.4 is 20.5 Å². The largest absolute Gasteiger partial charge is 0.496 e. The van der Waals surface area contributed by atoms with E-state index in [2.05, 4.69) is 15.2 Å². The first-order chi connectivity index (χ1) is 17.3. The highest BCUT2D eigenvalue weighted by molar-refractivity contribution is 7.80. The number of anilines is 1. The highest BCUT2D eigenvalue weighted by Gasteiger charge is 2.25. The summed E-state index contributed by atoms with van der Waals surface area (Å²) in [5.74, 6) is -0.972. The standard InChI is InChI=1S/C25H26ClFN4O4S/c1-33-13-14-4-3-9-31(14)12-22(36)30-17-5-6-20(24(27)23(17)26)35-19-7-8-29-18-11-21(34-2)16(25(28)32)10-15(18)19/h5-8,10-11,14H,3-4,9,12-13H2,1-2H3,(H2,28,32)(H,30,36)/t14-/m0/s1. The number of amides is 1. The Balaban J connectivity index is 1.55. The minimum absolute atomic E-state index is 0.0971. The number of benzene rings is 2. The lowest BCUT2D eigenvalue weighted by molar-refractivity contribution is 0.0997. The van der Waals surface area contributed by atoms with Gasteiger partial charge >= 0.3 is 0 Å². The number of carbonyl (C=O) groups is 1. The first kappa shape index (κ1) is 26.0. The predicted octanol–water partition coefficient (Wildman–Crippen LogP) is 4.78. The van der Waals surface area contributed by atoms with E-state index in [1.807, 2.05) is 0 Å². The number of nitrogens with zero attached hydrogens (tertiary/aromatic N) is 2. The zero-order valence-corrected chi connectivity index (χ0v) is 21.4. The fourth-order valence-electron chi connectivity index (χ4n) is 4.28. The lowest BCUT2D eigenvalue weighted by atomic mass is 10.1. The van der Waals surface area contributed by atoms with Crippen LogP contribution in [0.3, 0.4) is 0 Å². The summed E-state index contributed by atoms with van der Waals surface area (Å²) in [6.07, 6.45) is 3.63. The van der Waals surface area contributed by atoms with Crippen molar-refractivity contribution in [3.05, 3.63) is 52.9 Å². The number of primary amides is 1. The zero-order valence-electron chi connectivity index (χ0n) is 19.8. The molecule has 0 unspecified atom stereocenters. The van der Waals surface area contributed by atoms with E-state index in [4.69, 9.17) is 43.8 Å². The molecule has 1 saturated heterocycles. The molecule has 1 amide bonds. The molecule has 1 fully saturated rings. The first-order valence-electron chi connectivity index (χ1n) is 11.3. The van der Waals surface area contributed by atoms with Gasteiger partial charge in [-0.25, -0.2) is 4.39 Å². The van der Waals surface area contributed by atoms with E-state index in [0.717, 1.165) is 19.4 Å². The minimum Gasteiger partial charge on any atom is -0.496 e. The van der Waals surface area contributed by atoms with Gasteiger partial charge in [0.1, 0.15) is 16.5 Å². The van der Waals surface area contributed by atoms with E-state index in [0.29, 0.717) is 40.8 Å². The Morgan fingerprint density at radius 3 is 2.81 bits per heavy atom. The average Bonchev–Trinajstić information content (AvgIpc) is 3.29. The van der Waals surface area contributed by atoms with Gasteiger partial charge in [0.05, 0.1) is 35.5 Å². The molecule has 1 atom stereocenters. The van der Waals surface area contributed by atoms with Gasteiger partial charge in [0, 0.05) is 37.3 Å². The summed E-state index contributed by atoms with van der Waals surface area (Å²) < 4.78 is 31.6. The Morgan fingerprint density at radius 1 is 1.28 bits per heavy atom. The quantitative estimate of drug-likeness (QED) is 0.380. The number of halogens is 2. The number of hydrogen-bond donors (Lipinski definition) is 2. The number of pyridine rings is 1. The van der Waals surface area contributed by atoms with Crippen molar-refractivity contribution in [2.75, 3.05) is 39.2 Å². The van der Waals surface area contributed by atoms with Crippen molar-refractivity contribution in [2.45, 2.75) is 18.9 Å². The number of carbonyl (C=O) groups excluding carboxylic acids is 1. The molecule has 190 valence electrons. The second-order valence-corrected chi connectivity index (χ2v) is 9.23. The van der Waals surface area contributed by atoms with E-state index in [9.17, 15) is 4.79 Å². The van der Waals surface area contributed by atoms with Crippen LogP contribution in [0.2, 0.25) is 5.02 Å². The van der Waals surface area contributed by atoms with E-state index >= 15 is 4.39 Å². The summed E-state index contributed by atoms with van der Waals surface area (Å²) in [5.41, 5.74) is 6.45. The van der Waals surface area contributed by atoms with E-state index in [-0.39, 0.29) is 27.8 Å². The van der Waals surface area contributed by atoms with Crippen molar-refractivity contribution in [3.8, 4) is 17.2 Å². The van der Waals surface area contributed by atoms with Gasteiger partial charge in [0.25, 0.3) is 5.91 Å². The van der Waals surface area contributed by atoms with Crippen LogP contribution in [0.25, 0.3) is 10.9 Å². The van der Waals surface area contributed by atoms with Crippen molar-refractivity contribution >= 4 is 51.3 Å². The minimum atomic E-state index is -0.753. The number of thiocarbonyl (C=S) groups is 1. The molecule has 11 heteroatoms. The number of likely N-dealkylation sites (tertiary alicyclic amines) is 1. The molecule has 0 saturated carbocycles. The molecular formula is C25H26ClFN4O4S. The van der Waals surface area contributed by atoms with Crippen LogP contribution in [0, 0.1) is 5.82 Å². The summed E-state index contributed by atoms with van der Waals surface area (Å²) in [6.45, 7) is 2.09. The second kappa shape index (κ2) is 11.3. The van der Waals surface area contributed by atoms with Crippen molar-refractivity contribution in [1.29, 1.82) is 0 Å². The van der Waals surface area contributed by atoms with E-state index in [1.54, 1.807) is 25.3 Å². The Hall–Kier alpha value is -3.05. The maximum atomic E-state index is 15.2. The van der Waals surface area contributed by atoms with Crippen LogP contribution in [-0.4, -0.2) is 60.7 Å². The third-order valence-corrected chi connectivity index (χ3v) is 6.63. The molecule has 36 heavy (non-hydrogen) atoms. The number of methoxy groups -OCH3 is 2. The lowest BCUT2D eigenvalue weighted by Gasteiger charge is -2.24. The van der Waals surface area contributed by atoms with Crippen LogP contribution in [0.15, 0.2) is 36.5 Å². The topological polar surface area (TPSA) is 98.9 Å². The maximum Gasteiger partial charge on any atom is 0.252 e. The van der Waals surface area contributed by atoms with E-state index < -0.39 is 11.7 Å². The monoisotopic (exact) mass is 532 g/mol. The Bertz CT molecular complexity index is 1310. The molecule has 1 aliphatic heterocycles. The molecule has 0 aliphatic carbocycles. The van der Waals surface area contributed by atoms with Gasteiger partial charge in [-0.15, -0.1) is 0 Å². The van der Waals surface area contributed by atoms with Gasteiger partial charge in [-0.1, -0.05) is 23.8 Å². The SMILES string of the molecule is COC[C@@H]1CCCN1CC(=S)Nc1ccc(Oc2ccnc3cc(OC)c(C(N)=O)cc23)c(F)c1Cl. The lowest BCUT2D eigenvalue weighted by Crippen LogP contribution is -2.38. The number of aromatic nitrogens is 1. The highest BCUT2D eigenvalue weighted by Crippen LogP contribution is 2.37. The highest BCUT2D eigenvalue weighted by atomic mass is 35.5. The summed E-state index contributed by atoms with van der Waals surface area (Å²) >= 11 is 11.8. The number of nitrogens with two attached hydrogens (primary N) is 1. The van der Waals surface area contributed by atoms with Crippen molar-refractivity contribution < 1.29 is 23.4 Å². The van der Waals surface area contributed by atoms with Crippen molar-refractivity contribution in [2.24, 2.45) is 5.73 Å². The third kappa shape index (κ3) is 5.52. The molecule has 4 rings (SSSR count). The number of rotatable bonds is 9. The van der Waals surface area contributed by atoms with Crippen LogP contribution in [0.1, 0.15) is 23.2 Å². The third-order valence-electron chi connectivity index (χ3n) is 6.03. The van der Waals surface area contributed by atoms with Crippen LogP contribution in [0.5, 0.6) is 17.2 Å². The molecule has 1 aromatic heterocycles. The predicted molar refractivity (Wildman–Crippen MR) is 141 cm³/mol. The molecule has 2 heterocycles. The number of ether oxygens (including phenoxy) is 3. The van der Waals surface area contributed by atoms with Crippen LogP contribution in [0.4, 0.5) is 10.1 Å². The molecule has 8 nitrogen and oxygen atoms in total. The fraction of sp³-hybridized carbons (Fsp3) is 0.320. The second-order valence-electron chi connectivity index (χ2n) is 8.35. The molecule has 3 aromatic rings. The van der Waals surface area contributed by atoms with Gasteiger partial charge in [-0.05, 0) is 43.7 Å². The van der Waals surface area contributed by atoms with Crippen LogP contribution in [-0.2, 0) is 4.74 Å². The molecule has 2 aromatic carbocycles. The molecular weight excluding hydrogens is 507 g/mol. The van der Waals surface area contributed by atoms with Crippen molar-refractivity contribution in [3.63, 3.8) is 0 Å². The van der Waals surface area contributed by atoms with Gasteiger partial charge in [0.15, 0.2) is 11.6 Å². The number of hydrogen-bond acceptors (Lipinski definition) is 7. The van der Waals surface area contributed by atoms with Gasteiger partial charge in [0.2, 0.25) is 0 Å². The smallest absolute Gasteiger partial charge is 0.252 e. The average molecular weight is 533 g/mol.